The Hall–Kier alpha value is -0.180. The Balaban J connectivity index is 2.26. The van der Waals surface area contributed by atoms with E-state index in [9.17, 15) is 8.78 Å². The number of hydrogen-bond acceptors (Lipinski definition) is 1. The van der Waals surface area contributed by atoms with Crippen molar-refractivity contribution in [3.05, 3.63) is 0 Å². The largest absolute Gasteiger partial charge is 0.298 e. The van der Waals surface area contributed by atoms with E-state index in [1.54, 1.807) is 11.9 Å². The minimum Gasteiger partial charge on any atom is -0.298 e. The number of likely N-dealkylation sites (tertiary alicyclic amines) is 1. The van der Waals surface area contributed by atoms with Crippen molar-refractivity contribution in [1.82, 2.24) is 4.90 Å². The molecule has 1 aliphatic heterocycles. The predicted molar refractivity (Wildman–Crippen MR) is 27.0 cm³/mol. The summed E-state index contributed by atoms with van der Waals surface area (Å²) in [6.07, 6.45) is -1.48. The van der Waals surface area contributed by atoms with Crippen LogP contribution in [0.3, 0.4) is 0 Å². The van der Waals surface area contributed by atoms with Crippen LogP contribution in [-0.4, -0.2) is 31.0 Å². The summed E-state index contributed by atoms with van der Waals surface area (Å²) in [5.74, 6) is 0. The van der Waals surface area contributed by atoms with Crippen molar-refractivity contribution in [2.24, 2.45) is 0 Å². The maximum atomic E-state index is 11.7. The third kappa shape index (κ3) is 0.823. The summed E-state index contributed by atoms with van der Waals surface area (Å²) >= 11 is 0. The second-order valence-electron chi connectivity index (χ2n) is 2.17. The van der Waals surface area contributed by atoms with E-state index >= 15 is 0 Å². The molecule has 1 rings (SSSR count). The van der Waals surface area contributed by atoms with Crippen molar-refractivity contribution < 1.29 is 8.78 Å². The molecule has 1 nitrogen and oxygen atoms in total. The van der Waals surface area contributed by atoms with Crippen molar-refractivity contribution in [3.63, 3.8) is 0 Å². The lowest BCUT2D eigenvalue weighted by Crippen LogP contribution is -2.48. The molecule has 8 heavy (non-hydrogen) atoms. The van der Waals surface area contributed by atoms with Gasteiger partial charge >= 0.3 is 0 Å². The van der Waals surface area contributed by atoms with Gasteiger partial charge < -0.3 is 0 Å². The van der Waals surface area contributed by atoms with Gasteiger partial charge in [0.1, 0.15) is 0 Å². The SMILES string of the molecule is CN1CC[C@@H]1C(F)F. The van der Waals surface area contributed by atoms with Gasteiger partial charge in [-0.1, -0.05) is 0 Å². The number of halogens is 2. The van der Waals surface area contributed by atoms with E-state index in [0.717, 1.165) is 6.54 Å². The molecule has 0 bridgehead atoms. The van der Waals surface area contributed by atoms with Crippen LogP contribution >= 0.6 is 0 Å². The summed E-state index contributed by atoms with van der Waals surface area (Å²) in [4.78, 5) is 1.67. The topological polar surface area (TPSA) is 3.24 Å². The number of nitrogens with zero attached hydrogens (tertiary/aromatic N) is 1. The van der Waals surface area contributed by atoms with Crippen LogP contribution < -0.4 is 0 Å². The maximum Gasteiger partial charge on any atom is 0.253 e. The molecule has 3 heteroatoms. The molecule has 1 atom stereocenters. The molecule has 1 saturated heterocycles. The van der Waals surface area contributed by atoms with Gasteiger partial charge in [0, 0.05) is 6.54 Å². The first-order valence-corrected chi connectivity index (χ1v) is 2.70. The third-order valence-electron chi connectivity index (χ3n) is 1.63. The summed E-state index contributed by atoms with van der Waals surface area (Å²) in [5, 5.41) is 0. The van der Waals surface area contributed by atoms with E-state index in [2.05, 4.69) is 0 Å². The zero-order valence-corrected chi connectivity index (χ0v) is 4.77. The second kappa shape index (κ2) is 1.97. The average molecular weight is 121 g/mol. The Kier molecular flexibility index (Phi) is 1.47. The molecule has 1 aliphatic rings. The first-order valence-electron chi connectivity index (χ1n) is 2.70. The highest BCUT2D eigenvalue weighted by molar-refractivity contribution is 4.81. The molecule has 0 N–H and O–H groups in total. The summed E-state index contributed by atoms with van der Waals surface area (Å²) in [6.45, 7) is 0.828. The zero-order chi connectivity index (χ0) is 6.15. The van der Waals surface area contributed by atoms with Gasteiger partial charge in [0.15, 0.2) is 0 Å². The van der Waals surface area contributed by atoms with Crippen LogP contribution in [0.15, 0.2) is 0 Å². The van der Waals surface area contributed by atoms with Crippen molar-refractivity contribution in [2.45, 2.75) is 18.9 Å². The lowest BCUT2D eigenvalue weighted by molar-refractivity contribution is -0.0182. The van der Waals surface area contributed by atoms with Gasteiger partial charge in [0.2, 0.25) is 0 Å². The van der Waals surface area contributed by atoms with Gasteiger partial charge in [-0.05, 0) is 13.5 Å². The molecule has 0 spiro atoms. The van der Waals surface area contributed by atoms with Crippen molar-refractivity contribution in [3.8, 4) is 0 Å². The smallest absolute Gasteiger partial charge is 0.253 e. The Bertz CT molecular complexity index is 79.7. The van der Waals surface area contributed by atoms with Crippen molar-refractivity contribution >= 4 is 0 Å². The number of alkyl halides is 2. The highest BCUT2D eigenvalue weighted by atomic mass is 19.3. The summed E-state index contributed by atoms with van der Waals surface area (Å²) < 4.78 is 23.4. The summed E-state index contributed by atoms with van der Waals surface area (Å²) in [6, 6.07) is -0.449. The molecule has 1 fully saturated rings. The van der Waals surface area contributed by atoms with Gasteiger partial charge in [-0.2, -0.15) is 0 Å². The molecular formula is C5H9F2N. The van der Waals surface area contributed by atoms with E-state index in [1.165, 1.54) is 0 Å². The second-order valence-corrected chi connectivity index (χ2v) is 2.17. The number of hydrogen-bond donors (Lipinski definition) is 0. The van der Waals surface area contributed by atoms with E-state index in [4.69, 9.17) is 0 Å². The van der Waals surface area contributed by atoms with Crippen LogP contribution in [0.4, 0.5) is 8.78 Å². The molecule has 0 radical (unpaired) electrons. The molecule has 0 aromatic rings. The fourth-order valence-corrected chi connectivity index (χ4v) is 0.855. The first kappa shape index (κ1) is 5.95. The molecule has 0 unspecified atom stereocenters. The zero-order valence-electron chi connectivity index (χ0n) is 4.77. The highest BCUT2D eigenvalue weighted by Gasteiger charge is 2.31. The van der Waals surface area contributed by atoms with Crippen LogP contribution in [0.1, 0.15) is 6.42 Å². The molecule has 0 aromatic heterocycles. The minimum absolute atomic E-state index is 0.449. The van der Waals surface area contributed by atoms with Crippen molar-refractivity contribution in [1.29, 1.82) is 0 Å². The molecule has 0 amide bonds. The number of rotatable bonds is 1. The Morgan fingerprint density at radius 1 is 1.62 bits per heavy atom. The van der Waals surface area contributed by atoms with E-state index in [1.807, 2.05) is 0 Å². The standard InChI is InChI=1S/C5H9F2N/c1-8-3-2-4(8)5(6)7/h4-5H,2-3H2,1H3/t4-/m1/s1. The highest BCUT2D eigenvalue weighted by Crippen LogP contribution is 2.20. The van der Waals surface area contributed by atoms with Crippen LogP contribution in [-0.2, 0) is 0 Å². The maximum absolute atomic E-state index is 11.7. The molecule has 0 aliphatic carbocycles. The molecule has 48 valence electrons. The van der Waals surface area contributed by atoms with Crippen LogP contribution in [0.2, 0.25) is 0 Å². The first-order chi connectivity index (χ1) is 3.72. The summed E-state index contributed by atoms with van der Waals surface area (Å²) in [7, 11) is 1.72. The third-order valence-corrected chi connectivity index (χ3v) is 1.63. The lowest BCUT2D eigenvalue weighted by Gasteiger charge is -2.36. The Morgan fingerprint density at radius 2 is 2.25 bits per heavy atom. The summed E-state index contributed by atoms with van der Waals surface area (Å²) in [5.41, 5.74) is 0. The predicted octanol–water partition coefficient (Wildman–Crippen LogP) is 0.956. The molecular weight excluding hydrogens is 112 g/mol. The average Bonchev–Trinajstić information content (AvgIpc) is 1.61. The molecule has 0 saturated carbocycles. The van der Waals surface area contributed by atoms with Gasteiger partial charge in [-0.3, -0.25) is 4.90 Å². The van der Waals surface area contributed by atoms with Crippen LogP contribution in [0.25, 0.3) is 0 Å². The van der Waals surface area contributed by atoms with Crippen molar-refractivity contribution in [2.75, 3.05) is 13.6 Å². The minimum atomic E-state index is -2.14. The van der Waals surface area contributed by atoms with Gasteiger partial charge in [-0.15, -0.1) is 0 Å². The van der Waals surface area contributed by atoms with Gasteiger partial charge in [0.05, 0.1) is 6.04 Å². The molecule has 1 heterocycles. The Labute approximate surface area is 47.3 Å². The van der Waals surface area contributed by atoms with E-state index < -0.39 is 12.5 Å². The van der Waals surface area contributed by atoms with E-state index in [0.29, 0.717) is 6.42 Å². The monoisotopic (exact) mass is 121 g/mol. The quantitative estimate of drug-likeness (QED) is 0.499. The normalized spacial score (nSPS) is 30.8. The van der Waals surface area contributed by atoms with Crippen LogP contribution in [0, 0.1) is 0 Å². The van der Waals surface area contributed by atoms with Crippen LogP contribution in [0.5, 0.6) is 0 Å². The lowest BCUT2D eigenvalue weighted by atomic mass is 10.1. The van der Waals surface area contributed by atoms with Gasteiger partial charge in [-0.25, -0.2) is 8.78 Å². The molecule has 0 aromatic carbocycles. The Morgan fingerprint density at radius 3 is 2.25 bits per heavy atom. The fourth-order valence-electron chi connectivity index (χ4n) is 0.855. The fraction of sp³-hybridized carbons (Fsp3) is 1.00. The van der Waals surface area contributed by atoms with E-state index in [-0.39, 0.29) is 0 Å². The van der Waals surface area contributed by atoms with Gasteiger partial charge in [0.25, 0.3) is 6.43 Å².